The van der Waals surface area contributed by atoms with Gasteiger partial charge in [-0.05, 0) is 37.9 Å². The molecular weight excluding hydrogens is 228 g/mol. The zero-order valence-electron chi connectivity index (χ0n) is 11.0. The molecule has 1 aliphatic rings. The molecule has 98 valence electrons. The molecule has 1 atom stereocenters. The van der Waals surface area contributed by atoms with E-state index in [-0.39, 0.29) is 5.97 Å². The SMILES string of the molecule is COC(=O)c1c(N)cccc1CN1CCCC1C. The molecule has 0 radical (unpaired) electrons. The molecule has 4 nitrogen and oxygen atoms in total. The van der Waals surface area contributed by atoms with Gasteiger partial charge in [0.1, 0.15) is 0 Å². The summed E-state index contributed by atoms with van der Waals surface area (Å²) in [5.74, 6) is -0.352. The van der Waals surface area contributed by atoms with Crippen LogP contribution in [0.2, 0.25) is 0 Å². The fourth-order valence-electron chi connectivity index (χ4n) is 2.55. The van der Waals surface area contributed by atoms with Crippen molar-refractivity contribution in [2.24, 2.45) is 0 Å². The molecule has 1 saturated heterocycles. The minimum atomic E-state index is -0.352. The van der Waals surface area contributed by atoms with Crippen LogP contribution < -0.4 is 5.73 Å². The Kier molecular flexibility index (Phi) is 3.87. The van der Waals surface area contributed by atoms with Crippen molar-refractivity contribution in [1.29, 1.82) is 0 Å². The van der Waals surface area contributed by atoms with Gasteiger partial charge in [0.2, 0.25) is 0 Å². The number of carbonyl (C=O) groups excluding carboxylic acids is 1. The molecule has 0 amide bonds. The summed E-state index contributed by atoms with van der Waals surface area (Å²) < 4.78 is 4.81. The largest absolute Gasteiger partial charge is 0.465 e. The molecule has 0 bridgehead atoms. The predicted octanol–water partition coefficient (Wildman–Crippen LogP) is 2.04. The summed E-state index contributed by atoms with van der Waals surface area (Å²) in [5.41, 5.74) is 7.85. The first-order valence-electron chi connectivity index (χ1n) is 6.33. The Morgan fingerprint density at radius 3 is 2.94 bits per heavy atom. The number of likely N-dealkylation sites (tertiary alicyclic amines) is 1. The molecule has 1 fully saturated rings. The standard InChI is InChI=1S/C14H20N2O2/c1-10-5-4-8-16(10)9-11-6-3-7-12(15)13(11)14(17)18-2/h3,6-7,10H,4-5,8-9,15H2,1-2H3. The molecule has 0 aliphatic carbocycles. The van der Waals surface area contributed by atoms with Crippen molar-refractivity contribution in [2.75, 3.05) is 19.4 Å². The van der Waals surface area contributed by atoms with Gasteiger partial charge < -0.3 is 10.5 Å². The van der Waals surface area contributed by atoms with Gasteiger partial charge in [-0.15, -0.1) is 0 Å². The Morgan fingerprint density at radius 1 is 1.56 bits per heavy atom. The summed E-state index contributed by atoms with van der Waals surface area (Å²) in [4.78, 5) is 14.2. The molecule has 2 N–H and O–H groups in total. The van der Waals surface area contributed by atoms with Crippen LogP contribution in [-0.4, -0.2) is 30.6 Å². The summed E-state index contributed by atoms with van der Waals surface area (Å²) in [5, 5.41) is 0. The van der Waals surface area contributed by atoms with Gasteiger partial charge >= 0.3 is 5.97 Å². The van der Waals surface area contributed by atoms with Crippen LogP contribution in [0.1, 0.15) is 35.7 Å². The van der Waals surface area contributed by atoms with E-state index in [1.807, 2.05) is 12.1 Å². The third-order valence-corrected chi connectivity index (χ3v) is 3.64. The van der Waals surface area contributed by atoms with Crippen LogP contribution in [0.4, 0.5) is 5.69 Å². The smallest absolute Gasteiger partial charge is 0.340 e. The Labute approximate surface area is 108 Å². The summed E-state index contributed by atoms with van der Waals surface area (Å²) in [6.45, 7) is 4.06. The van der Waals surface area contributed by atoms with E-state index in [1.165, 1.54) is 20.0 Å². The summed E-state index contributed by atoms with van der Waals surface area (Å²) in [7, 11) is 1.39. The van der Waals surface area contributed by atoms with Crippen molar-refractivity contribution in [2.45, 2.75) is 32.4 Å². The normalized spacial score (nSPS) is 20.0. The van der Waals surface area contributed by atoms with E-state index in [0.29, 0.717) is 17.3 Å². The minimum Gasteiger partial charge on any atom is -0.465 e. The van der Waals surface area contributed by atoms with Crippen LogP contribution >= 0.6 is 0 Å². The highest BCUT2D eigenvalue weighted by Gasteiger charge is 2.23. The first-order valence-corrected chi connectivity index (χ1v) is 6.33. The Morgan fingerprint density at radius 2 is 2.33 bits per heavy atom. The fourth-order valence-corrected chi connectivity index (χ4v) is 2.55. The van der Waals surface area contributed by atoms with Crippen LogP contribution in [0.25, 0.3) is 0 Å². The third-order valence-electron chi connectivity index (χ3n) is 3.64. The van der Waals surface area contributed by atoms with Gasteiger partial charge in [-0.1, -0.05) is 12.1 Å². The molecule has 2 rings (SSSR count). The monoisotopic (exact) mass is 248 g/mol. The van der Waals surface area contributed by atoms with E-state index >= 15 is 0 Å². The minimum absolute atomic E-state index is 0.352. The fraction of sp³-hybridized carbons (Fsp3) is 0.500. The van der Waals surface area contributed by atoms with Gasteiger partial charge in [-0.25, -0.2) is 4.79 Å². The number of carbonyl (C=O) groups is 1. The van der Waals surface area contributed by atoms with Crippen LogP contribution in [0.5, 0.6) is 0 Å². The topological polar surface area (TPSA) is 55.6 Å². The van der Waals surface area contributed by atoms with E-state index in [1.54, 1.807) is 6.07 Å². The average molecular weight is 248 g/mol. The molecule has 0 aromatic heterocycles. The molecule has 1 heterocycles. The lowest BCUT2D eigenvalue weighted by molar-refractivity contribution is 0.0599. The second-order valence-electron chi connectivity index (χ2n) is 4.83. The second kappa shape index (κ2) is 5.40. The number of nitrogens with zero attached hydrogens (tertiary/aromatic N) is 1. The predicted molar refractivity (Wildman–Crippen MR) is 71.3 cm³/mol. The van der Waals surface area contributed by atoms with Gasteiger partial charge in [0, 0.05) is 18.3 Å². The Balaban J connectivity index is 2.26. The number of hydrogen-bond donors (Lipinski definition) is 1. The van der Waals surface area contributed by atoms with Crippen molar-refractivity contribution < 1.29 is 9.53 Å². The number of benzene rings is 1. The number of nitrogens with two attached hydrogens (primary N) is 1. The molecular formula is C14H20N2O2. The molecule has 1 aliphatic heterocycles. The van der Waals surface area contributed by atoms with E-state index in [4.69, 9.17) is 10.5 Å². The molecule has 0 spiro atoms. The first-order chi connectivity index (χ1) is 8.63. The zero-order valence-corrected chi connectivity index (χ0v) is 11.0. The maximum atomic E-state index is 11.8. The molecule has 18 heavy (non-hydrogen) atoms. The van der Waals surface area contributed by atoms with Gasteiger partial charge in [0.25, 0.3) is 0 Å². The molecule has 1 aromatic rings. The van der Waals surface area contributed by atoms with Gasteiger partial charge in [0.15, 0.2) is 0 Å². The maximum Gasteiger partial charge on any atom is 0.340 e. The van der Waals surface area contributed by atoms with Crippen LogP contribution in [0.15, 0.2) is 18.2 Å². The van der Waals surface area contributed by atoms with Gasteiger partial charge in [-0.2, -0.15) is 0 Å². The molecule has 4 heteroatoms. The number of methoxy groups -OCH3 is 1. The first kappa shape index (κ1) is 12.9. The van der Waals surface area contributed by atoms with E-state index in [9.17, 15) is 4.79 Å². The van der Waals surface area contributed by atoms with E-state index in [0.717, 1.165) is 18.7 Å². The number of ether oxygens (including phenoxy) is 1. The highest BCUT2D eigenvalue weighted by Crippen LogP contribution is 2.24. The zero-order chi connectivity index (χ0) is 13.1. The lowest BCUT2D eigenvalue weighted by Crippen LogP contribution is -2.27. The summed E-state index contributed by atoms with van der Waals surface area (Å²) >= 11 is 0. The lowest BCUT2D eigenvalue weighted by atomic mass is 10.0. The van der Waals surface area contributed by atoms with E-state index < -0.39 is 0 Å². The lowest BCUT2D eigenvalue weighted by Gasteiger charge is -2.22. The van der Waals surface area contributed by atoms with Crippen molar-refractivity contribution in [1.82, 2.24) is 4.90 Å². The number of esters is 1. The quantitative estimate of drug-likeness (QED) is 0.657. The summed E-state index contributed by atoms with van der Waals surface area (Å²) in [6.07, 6.45) is 2.44. The van der Waals surface area contributed by atoms with Crippen LogP contribution in [0, 0.1) is 0 Å². The van der Waals surface area contributed by atoms with Crippen LogP contribution in [-0.2, 0) is 11.3 Å². The number of nitrogen functional groups attached to an aromatic ring is 1. The number of hydrogen-bond acceptors (Lipinski definition) is 4. The summed E-state index contributed by atoms with van der Waals surface area (Å²) in [6, 6.07) is 6.14. The van der Waals surface area contributed by atoms with Gasteiger partial charge in [-0.3, -0.25) is 4.90 Å². The van der Waals surface area contributed by atoms with E-state index in [2.05, 4.69) is 11.8 Å². The van der Waals surface area contributed by atoms with Crippen molar-refractivity contribution in [3.8, 4) is 0 Å². The maximum absolute atomic E-state index is 11.8. The van der Waals surface area contributed by atoms with Gasteiger partial charge in [0.05, 0.1) is 12.7 Å². The van der Waals surface area contributed by atoms with Crippen molar-refractivity contribution >= 4 is 11.7 Å². The Bertz CT molecular complexity index is 445. The molecule has 0 saturated carbocycles. The molecule has 1 unspecified atom stereocenters. The third kappa shape index (κ3) is 2.48. The number of anilines is 1. The highest BCUT2D eigenvalue weighted by atomic mass is 16.5. The van der Waals surface area contributed by atoms with Crippen molar-refractivity contribution in [3.63, 3.8) is 0 Å². The second-order valence-corrected chi connectivity index (χ2v) is 4.83. The Hall–Kier alpha value is -1.55. The highest BCUT2D eigenvalue weighted by molar-refractivity contribution is 5.96. The van der Waals surface area contributed by atoms with Crippen molar-refractivity contribution in [3.05, 3.63) is 29.3 Å². The molecule has 1 aromatic carbocycles. The number of rotatable bonds is 3. The van der Waals surface area contributed by atoms with Crippen LogP contribution in [0.3, 0.4) is 0 Å². The average Bonchev–Trinajstić information content (AvgIpc) is 2.74.